The number of rotatable bonds is 5. The van der Waals surface area contributed by atoms with Gasteiger partial charge in [0.15, 0.2) is 0 Å². The van der Waals surface area contributed by atoms with E-state index in [-0.39, 0.29) is 11.5 Å². The van der Waals surface area contributed by atoms with E-state index in [0.29, 0.717) is 32.0 Å². The molecule has 7 nitrogen and oxygen atoms in total. The zero-order valence-corrected chi connectivity index (χ0v) is 15.0. The maximum absolute atomic E-state index is 12.5. The lowest BCUT2D eigenvalue weighted by atomic mass is 9.73. The molecular formula is C16H25N3O4S. The molecule has 3 heterocycles. The van der Waals surface area contributed by atoms with Gasteiger partial charge in [-0.15, -0.1) is 0 Å². The summed E-state index contributed by atoms with van der Waals surface area (Å²) >= 11 is 0. The minimum atomic E-state index is -3.43. The Morgan fingerprint density at radius 3 is 3.00 bits per heavy atom. The summed E-state index contributed by atoms with van der Waals surface area (Å²) in [5.74, 6) is 0.559. The number of hydrogen-bond donors (Lipinski definition) is 0. The first-order valence-corrected chi connectivity index (χ1v) is 9.67. The molecule has 1 aromatic heterocycles. The number of fused-ring (bicyclic) bond motifs is 1. The molecule has 0 bridgehead atoms. The van der Waals surface area contributed by atoms with Gasteiger partial charge in [0.25, 0.3) is 10.2 Å². The summed E-state index contributed by atoms with van der Waals surface area (Å²) in [6, 6.07) is 5.52. The third-order valence-corrected chi connectivity index (χ3v) is 6.77. The summed E-state index contributed by atoms with van der Waals surface area (Å²) in [5, 5.41) is 0. The molecule has 2 aliphatic rings. The van der Waals surface area contributed by atoms with Crippen molar-refractivity contribution in [2.24, 2.45) is 5.41 Å². The van der Waals surface area contributed by atoms with Gasteiger partial charge in [-0.1, -0.05) is 6.07 Å². The second kappa shape index (κ2) is 6.95. The second-order valence-corrected chi connectivity index (χ2v) is 8.84. The molecule has 2 atom stereocenters. The van der Waals surface area contributed by atoms with Crippen molar-refractivity contribution in [3.05, 3.63) is 24.4 Å². The van der Waals surface area contributed by atoms with Crippen molar-refractivity contribution in [2.45, 2.75) is 25.4 Å². The summed E-state index contributed by atoms with van der Waals surface area (Å²) in [6.45, 7) is 2.05. The number of ether oxygens (including phenoxy) is 2. The van der Waals surface area contributed by atoms with Gasteiger partial charge in [0.2, 0.25) is 5.88 Å². The van der Waals surface area contributed by atoms with Crippen LogP contribution in [0.15, 0.2) is 24.4 Å². The van der Waals surface area contributed by atoms with E-state index in [9.17, 15) is 8.42 Å². The summed E-state index contributed by atoms with van der Waals surface area (Å²) in [4.78, 5) is 4.19. The predicted molar refractivity (Wildman–Crippen MR) is 89.9 cm³/mol. The normalized spacial score (nSPS) is 28.5. The van der Waals surface area contributed by atoms with E-state index in [1.165, 1.54) is 4.31 Å². The first-order chi connectivity index (χ1) is 11.4. The van der Waals surface area contributed by atoms with Gasteiger partial charge in [-0.2, -0.15) is 17.0 Å². The summed E-state index contributed by atoms with van der Waals surface area (Å²) < 4.78 is 39.8. The summed E-state index contributed by atoms with van der Waals surface area (Å²) in [7, 11) is -0.301. The van der Waals surface area contributed by atoms with Crippen LogP contribution in [-0.2, 0) is 14.9 Å². The van der Waals surface area contributed by atoms with Gasteiger partial charge in [-0.05, 0) is 25.3 Å². The molecule has 2 fully saturated rings. The van der Waals surface area contributed by atoms with E-state index in [4.69, 9.17) is 9.47 Å². The Labute approximate surface area is 143 Å². The van der Waals surface area contributed by atoms with Crippen LogP contribution in [0.5, 0.6) is 5.88 Å². The summed E-state index contributed by atoms with van der Waals surface area (Å²) in [5.41, 5.74) is -0.322. The first kappa shape index (κ1) is 17.6. The third kappa shape index (κ3) is 3.42. The molecule has 134 valence electrons. The Kier molecular flexibility index (Phi) is 5.10. The molecule has 3 rings (SSSR count). The highest BCUT2D eigenvalue weighted by Gasteiger charge is 2.49. The number of aromatic nitrogens is 1. The Bertz CT molecular complexity index is 653. The van der Waals surface area contributed by atoms with Crippen LogP contribution in [-0.4, -0.2) is 68.5 Å². The van der Waals surface area contributed by atoms with E-state index in [0.717, 1.165) is 19.4 Å². The van der Waals surface area contributed by atoms with Gasteiger partial charge >= 0.3 is 0 Å². The molecule has 0 radical (unpaired) electrons. The number of hydrogen-bond acceptors (Lipinski definition) is 5. The van der Waals surface area contributed by atoms with Crippen molar-refractivity contribution < 1.29 is 17.9 Å². The quantitative estimate of drug-likeness (QED) is 0.792. The van der Waals surface area contributed by atoms with Gasteiger partial charge in [0, 0.05) is 51.5 Å². The molecule has 2 aliphatic heterocycles. The van der Waals surface area contributed by atoms with Crippen LogP contribution in [0.25, 0.3) is 0 Å². The Balaban J connectivity index is 1.79. The Morgan fingerprint density at radius 1 is 1.46 bits per heavy atom. The number of pyridine rings is 1. The lowest BCUT2D eigenvalue weighted by Gasteiger charge is -2.49. The van der Waals surface area contributed by atoms with Crippen LogP contribution < -0.4 is 4.74 Å². The first-order valence-electron chi connectivity index (χ1n) is 8.27. The topological polar surface area (TPSA) is 72.0 Å². The second-order valence-electron chi connectivity index (χ2n) is 6.69. The van der Waals surface area contributed by atoms with Crippen molar-refractivity contribution in [3.63, 3.8) is 0 Å². The molecular weight excluding hydrogens is 330 g/mol. The van der Waals surface area contributed by atoms with Crippen molar-refractivity contribution >= 4 is 10.2 Å². The molecule has 0 aliphatic carbocycles. The smallest absolute Gasteiger partial charge is 0.281 e. The molecule has 0 N–H and O–H groups in total. The molecule has 8 heteroatoms. The van der Waals surface area contributed by atoms with E-state index < -0.39 is 10.2 Å². The highest BCUT2D eigenvalue weighted by molar-refractivity contribution is 7.86. The Morgan fingerprint density at radius 2 is 2.29 bits per heavy atom. The zero-order valence-electron chi connectivity index (χ0n) is 14.2. The maximum atomic E-state index is 12.5. The molecule has 2 saturated heterocycles. The third-order valence-electron chi connectivity index (χ3n) is 4.89. The van der Waals surface area contributed by atoms with Crippen LogP contribution >= 0.6 is 0 Å². The summed E-state index contributed by atoms with van der Waals surface area (Å²) in [6.07, 6.45) is 4.22. The van der Waals surface area contributed by atoms with Gasteiger partial charge in [0.05, 0.1) is 12.7 Å². The fraction of sp³-hybridized carbons (Fsp3) is 0.688. The highest BCUT2D eigenvalue weighted by Crippen LogP contribution is 2.41. The molecule has 0 unspecified atom stereocenters. The predicted octanol–water partition coefficient (Wildman–Crippen LogP) is 1.14. The fourth-order valence-corrected chi connectivity index (χ4v) is 4.76. The van der Waals surface area contributed by atoms with Gasteiger partial charge in [-0.3, -0.25) is 0 Å². The van der Waals surface area contributed by atoms with Gasteiger partial charge in [-0.25, -0.2) is 4.98 Å². The molecule has 0 spiro atoms. The molecule has 0 amide bonds. The minimum absolute atomic E-state index is 0.0311. The largest absolute Gasteiger partial charge is 0.477 e. The minimum Gasteiger partial charge on any atom is -0.477 e. The molecule has 1 aromatic rings. The van der Waals surface area contributed by atoms with Crippen LogP contribution in [0.4, 0.5) is 0 Å². The maximum Gasteiger partial charge on any atom is 0.281 e. The standard InChI is InChI=1S/C16H25N3O4S/c1-18(2)24(20,21)19-10-7-14-16(12-19,8-5-11-22-14)13-23-15-6-3-4-9-17-15/h3-4,6,9,14H,5,7-8,10-13H2,1-2H3/t14-,16-/m0/s1. The lowest BCUT2D eigenvalue weighted by Crippen LogP contribution is -2.59. The zero-order chi connectivity index (χ0) is 17.2. The number of piperidine rings is 1. The van der Waals surface area contributed by atoms with Gasteiger partial charge in [0.1, 0.15) is 0 Å². The van der Waals surface area contributed by atoms with Crippen molar-refractivity contribution in [3.8, 4) is 5.88 Å². The monoisotopic (exact) mass is 355 g/mol. The van der Waals surface area contributed by atoms with Crippen LogP contribution in [0.3, 0.4) is 0 Å². The van der Waals surface area contributed by atoms with E-state index in [1.807, 2.05) is 18.2 Å². The van der Waals surface area contributed by atoms with Crippen LogP contribution in [0, 0.1) is 5.41 Å². The van der Waals surface area contributed by atoms with E-state index in [1.54, 1.807) is 24.6 Å². The van der Waals surface area contributed by atoms with Crippen LogP contribution in [0.2, 0.25) is 0 Å². The highest BCUT2D eigenvalue weighted by atomic mass is 32.2. The average Bonchev–Trinajstić information content (AvgIpc) is 2.60. The van der Waals surface area contributed by atoms with E-state index in [2.05, 4.69) is 4.98 Å². The SMILES string of the molecule is CN(C)S(=O)(=O)N1CC[C@@H]2OCCC[C@@]2(COc2ccccn2)C1. The number of nitrogens with zero attached hydrogens (tertiary/aromatic N) is 3. The molecule has 0 aromatic carbocycles. The fourth-order valence-electron chi connectivity index (χ4n) is 3.54. The van der Waals surface area contributed by atoms with Gasteiger partial charge < -0.3 is 9.47 Å². The lowest BCUT2D eigenvalue weighted by molar-refractivity contribution is -0.128. The molecule has 24 heavy (non-hydrogen) atoms. The van der Waals surface area contributed by atoms with E-state index >= 15 is 0 Å². The van der Waals surface area contributed by atoms with Crippen molar-refractivity contribution in [1.82, 2.24) is 13.6 Å². The van der Waals surface area contributed by atoms with Crippen molar-refractivity contribution in [2.75, 3.05) is 40.4 Å². The Hall–Kier alpha value is -1.22. The average molecular weight is 355 g/mol. The molecule has 0 saturated carbocycles. The van der Waals surface area contributed by atoms with Crippen molar-refractivity contribution in [1.29, 1.82) is 0 Å². The van der Waals surface area contributed by atoms with Crippen LogP contribution in [0.1, 0.15) is 19.3 Å².